The Balaban J connectivity index is 1.97. The Bertz CT molecular complexity index is 1300. The van der Waals surface area contributed by atoms with Gasteiger partial charge < -0.3 is 14.0 Å². The number of rotatable bonds is 7. The fraction of sp³-hybridized carbons (Fsp3) is 0.231. The van der Waals surface area contributed by atoms with E-state index in [1.165, 1.54) is 18.2 Å². The minimum atomic E-state index is -0.975. The fourth-order valence-corrected chi connectivity index (χ4v) is 5.59. The highest BCUT2D eigenvalue weighted by molar-refractivity contribution is 14.1. The molecule has 0 aliphatic carbocycles. The van der Waals surface area contributed by atoms with Gasteiger partial charge in [0.05, 0.1) is 17.5 Å². The molecule has 1 heterocycles. The van der Waals surface area contributed by atoms with Gasteiger partial charge in [-0.05, 0) is 46.4 Å². The molecule has 172 valence electrons. The summed E-state index contributed by atoms with van der Waals surface area (Å²) in [6.45, 7) is 4.61. The lowest BCUT2D eigenvalue weighted by atomic mass is 9.90. The van der Waals surface area contributed by atoms with Crippen LogP contribution < -0.4 is 4.74 Å². The molecule has 0 aliphatic rings. The van der Waals surface area contributed by atoms with Gasteiger partial charge in [0, 0.05) is 39.6 Å². The van der Waals surface area contributed by atoms with Gasteiger partial charge in [-0.2, -0.15) is 0 Å². The van der Waals surface area contributed by atoms with Crippen LogP contribution in [0.3, 0.4) is 0 Å². The van der Waals surface area contributed by atoms with Crippen molar-refractivity contribution in [1.82, 2.24) is 4.57 Å². The summed E-state index contributed by atoms with van der Waals surface area (Å²) in [5.41, 5.74) is 2.11. The summed E-state index contributed by atoms with van der Waals surface area (Å²) >= 11 is 2.21. The van der Waals surface area contributed by atoms with Crippen LogP contribution in [0.15, 0.2) is 60.7 Å². The summed E-state index contributed by atoms with van der Waals surface area (Å²) in [5.74, 6) is -2.02. The fourth-order valence-electron chi connectivity index (χ4n) is 4.07. The van der Waals surface area contributed by atoms with Crippen molar-refractivity contribution in [2.45, 2.75) is 25.9 Å². The van der Waals surface area contributed by atoms with Crippen molar-refractivity contribution in [1.29, 1.82) is 0 Å². The first kappa shape index (κ1) is 23.6. The topological polar surface area (TPSA) is 23.4 Å². The van der Waals surface area contributed by atoms with Crippen molar-refractivity contribution in [2.75, 3.05) is 13.7 Å². The highest BCUT2D eigenvalue weighted by Gasteiger charge is 2.32. The molecule has 0 saturated heterocycles. The highest BCUT2D eigenvalue weighted by atomic mass is 127. The molecule has 1 aromatic heterocycles. The summed E-state index contributed by atoms with van der Waals surface area (Å²) in [6.07, 6.45) is 0. The van der Waals surface area contributed by atoms with Crippen LogP contribution in [0.2, 0.25) is 0 Å². The van der Waals surface area contributed by atoms with Crippen molar-refractivity contribution in [3.8, 4) is 11.4 Å². The zero-order chi connectivity index (χ0) is 23.8. The van der Waals surface area contributed by atoms with E-state index in [-0.39, 0.29) is 6.61 Å². The average molecular weight is 565 g/mol. The maximum Gasteiger partial charge on any atom is 0.160 e. The van der Waals surface area contributed by atoms with E-state index >= 15 is 0 Å². The summed E-state index contributed by atoms with van der Waals surface area (Å²) in [6, 6.07) is 16.0. The molecule has 3 nitrogen and oxygen atoms in total. The lowest BCUT2D eigenvalue weighted by Gasteiger charge is -2.27. The van der Waals surface area contributed by atoms with Gasteiger partial charge in [-0.25, -0.2) is 13.2 Å². The quantitative estimate of drug-likeness (QED) is 0.222. The molecule has 7 heteroatoms. The lowest BCUT2D eigenvalue weighted by Crippen LogP contribution is -2.27. The zero-order valence-corrected chi connectivity index (χ0v) is 20.6. The van der Waals surface area contributed by atoms with Gasteiger partial charge in [0.15, 0.2) is 11.6 Å². The number of hydrogen-bond acceptors (Lipinski definition) is 2. The Labute approximate surface area is 204 Å². The Morgan fingerprint density at radius 2 is 1.67 bits per heavy atom. The summed E-state index contributed by atoms with van der Waals surface area (Å²) in [7, 11) is 1.60. The Kier molecular flexibility index (Phi) is 6.72. The van der Waals surface area contributed by atoms with E-state index in [1.54, 1.807) is 11.7 Å². The van der Waals surface area contributed by atoms with Gasteiger partial charge >= 0.3 is 0 Å². The van der Waals surface area contributed by atoms with Gasteiger partial charge in [-0.1, -0.05) is 44.2 Å². The van der Waals surface area contributed by atoms with Gasteiger partial charge in [0.2, 0.25) is 0 Å². The molecule has 0 fully saturated rings. The third kappa shape index (κ3) is 4.61. The number of hydrogen-bond donors (Lipinski definition) is 0. The molecular formula is C26H23F3INO2. The van der Waals surface area contributed by atoms with Crippen LogP contribution in [0.1, 0.15) is 25.1 Å². The number of methoxy groups -OCH3 is 1. The number of fused-ring (bicyclic) bond motifs is 1. The summed E-state index contributed by atoms with van der Waals surface area (Å²) in [5, 5.41) is 0.705. The van der Waals surface area contributed by atoms with Crippen LogP contribution in [0.5, 0.6) is 5.75 Å². The van der Waals surface area contributed by atoms with Gasteiger partial charge in [0.1, 0.15) is 18.2 Å². The molecule has 3 aromatic carbocycles. The molecular weight excluding hydrogens is 542 g/mol. The van der Waals surface area contributed by atoms with E-state index in [1.807, 2.05) is 44.2 Å². The van der Waals surface area contributed by atoms with Crippen molar-refractivity contribution in [2.24, 2.45) is 0 Å². The average Bonchev–Trinajstić information content (AvgIpc) is 3.07. The van der Waals surface area contributed by atoms with Crippen molar-refractivity contribution in [3.05, 3.63) is 92.9 Å². The first-order chi connectivity index (χ1) is 15.7. The largest absolute Gasteiger partial charge is 0.488 e. The number of ether oxygens (including phenoxy) is 2. The minimum Gasteiger partial charge on any atom is -0.488 e. The lowest BCUT2D eigenvalue weighted by molar-refractivity contribution is 0.143. The predicted molar refractivity (Wildman–Crippen MR) is 132 cm³/mol. The number of aromatic nitrogens is 1. The third-order valence-electron chi connectivity index (χ3n) is 5.48. The maximum atomic E-state index is 14.8. The molecule has 0 atom stereocenters. The molecule has 0 N–H and O–H groups in total. The summed E-state index contributed by atoms with van der Waals surface area (Å²) in [4.78, 5) is 0. The molecule has 0 saturated carbocycles. The number of nitrogens with zero attached hydrogens (tertiary/aromatic N) is 1. The predicted octanol–water partition coefficient (Wildman–Crippen LogP) is 7.16. The van der Waals surface area contributed by atoms with Gasteiger partial charge in [0.25, 0.3) is 0 Å². The van der Waals surface area contributed by atoms with Crippen LogP contribution in [0.4, 0.5) is 13.2 Å². The van der Waals surface area contributed by atoms with Crippen LogP contribution in [-0.4, -0.2) is 18.3 Å². The van der Waals surface area contributed by atoms with Crippen LogP contribution in [-0.2, 0) is 16.8 Å². The molecule has 4 rings (SSSR count). The minimum absolute atomic E-state index is 0.266. The molecule has 33 heavy (non-hydrogen) atoms. The molecule has 0 unspecified atom stereocenters. The standard InChI is InChI=1S/C26H23F3INO2/c1-26(2,15-32-3)25-24(30)23-21(31(25)18-9-10-19(28)20(29)13-18)11-17(27)12-22(23)33-14-16-7-5-4-6-8-16/h4-13H,14-15H2,1-3H3. The Morgan fingerprint density at radius 3 is 2.33 bits per heavy atom. The van der Waals surface area contributed by atoms with E-state index in [0.717, 1.165) is 27.0 Å². The normalized spacial score (nSPS) is 11.8. The van der Waals surface area contributed by atoms with Crippen LogP contribution >= 0.6 is 22.6 Å². The highest BCUT2D eigenvalue weighted by Crippen LogP contribution is 2.42. The van der Waals surface area contributed by atoms with E-state index in [4.69, 9.17) is 9.47 Å². The van der Waals surface area contributed by atoms with E-state index < -0.39 is 22.9 Å². The molecule has 0 amide bonds. The van der Waals surface area contributed by atoms with Crippen LogP contribution in [0, 0.1) is 21.0 Å². The third-order valence-corrected chi connectivity index (χ3v) is 6.53. The molecule has 0 bridgehead atoms. The molecule has 0 aliphatic heterocycles. The number of halogens is 4. The monoisotopic (exact) mass is 565 g/mol. The molecule has 0 radical (unpaired) electrons. The van der Waals surface area contributed by atoms with Crippen molar-refractivity contribution < 1.29 is 22.6 Å². The van der Waals surface area contributed by atoms with Gasteiger partial charge in [-0.15, -0.1) is 0 Å². The molecule has 4 aromatic rings. The van der Waals surface area contributed by atoms with Crippen LogP contribution in [0.25, 0.3) is 16.6 Å². The second-order valence-electron chi connectivity index (χ2n) is 8.49. The first-order valence-electron chi connectivity index (χ1n) is 10.4. The molecule has 0 spiro atoms. The maximum absolute atomic E-state index is 14.8. The smallest absolute Gasteiger partial charge is 0.160 e. The zero-order valence-electron chi connectivity index (χ0n) is 18.5. The van der Waals surface area contributed by atoms with E-state index in [2.05, 4.69) is 22.6 Å². The SMILES string of the molecule is COCC(C)(C)c1c(I)c2c(OCc3ccccc3)cc(F)cc2n1-c1ccc(F)c(F)c1. The van der Waals surface area contributed by atoms with Crippen molar-refractivity contribution in [3.63, 3.8) is 0 Å². The second kappa shape index (κ2) is 9.38. The van der Waals surface area contributed by atoms with E-state index in [9.17, 15) is 13.2 Å². The Hall–Kier alpha value is -2.52. The second-order valence-corrected chi connectivity index (χ2v) is 9.56. The summed E-state index contributed by atoms with van der Waals surface area (Å²) < 4.78 is 56.8. The first-order valence-corrected chi connectivity index (χ1v) is 11.5. The van der Waals surface area contributed by atoms with E-state index in [0.29, 0.717) is 28.9 Å². The van der Waals surface area contributed by atoms with Crippen molar-refractivity contribution >= 4 is 33.5 Å². The number of benzene rings is 3. The Morgan fingerprint density at radius 1 is 0.939 bits per heavy atom. The van der Waals surface area contributed by atoms with Gasteiger partial charge in [-0.3, -0.25) is 0 Å².